The van der Waals surface area contributed by atoms with Crippen LogP contribution in [-0.4, -0.2) is 48.7 Å². The van der Waals surface area contributed by atoms with Crippen LogP contribution in [0.1, 0.15) is 17.5 Å². The summed E-state index contributed by atoms with van der Waals surface area (Å²) in [5, 5.41) is 6.01. The van der Waals surface area contributed by atoms with Crippen molar-refractivity contribution < 1.29 is 19.1 Å². The highest BCUT2D eigenvalue weighted by molar-refractivity contribution is 7.15. The van der Waals surface area contributed by atoms with E-state index in [0.29, 0.717) is 24.8 Å². The Kier molecular flexibility index (Phi) is 6.25. The van der Waals surface area contributed by atoms with Gasteiger partial charge in [0.1, 0.15) is 5.75 Å². The Morgan fingerprint density at radius 3 is 2.74 bits per heavy atom. The maximum absolute atomic E-state index is 12.3. The van der Waals surface area contributed by atoms with Crippen LogP contribution in [0.15, 0.2) is 24.3 Å². The van der Waals surface area contributed by atoms with Gasteiger partial charge in [-0.1, -0.05) is 11.3 Å². The number of anilines is 2. The second-order valence-corrected chi connectivity index (χ2v) is 7.06. The number of ether oxygens (including phenoxy) is 2. The number of nitrogens with zero attached hydrogens (tertiary/aromatic N) is 2. The van der Waals surface area contributed by atoms with Crippen LogP contribution in [0.3, 0.4) is 0 Å². The standard InChI is InChI=1S/C18H22N4O4S/c1-3-26-13-6-4-12(5-7-13)19-16(23)11-22-9-8-14-15(10-22)27-17(20-14)21-18(24)25-2/h4-7H,3,8-11H2,1-2H3,(H,19,23)(H,20,21,24). The van der Waals surface area contributed by atoms with Gasteiger partial charge in [-0.3, -0.25) is 15.0 Å². The van der Waals surface area contributed by atoms with Crippen LogP contribution in [-0.2, 0) is 22.5 Å². The molecule has 1 aromatic heterocycles. The van der Waals surface area contributed by atoms with Crippen LogP contribution in [0.5, 0.6) is 5.75 Å². The fraction of sp³-hybridized carbons (Fsp3) is 0.389. The lowest BCUT2D eigenvalue weighted by molar-refractivity contribution is -0.117. The van der Waals surface area contributed by atoms with Gasteiger partial charge in [0, 0.05) is 30.1 Å². The molecule has 27 heavy (non-hydrogen) atoms. The Bertz CT molecular complexity index is 806. The lowest BCUT2D eigenvalue weighted by atomic mass is 10.2. The van der Waals surface area contributed by atoms with E-state index in [1.165, 1.54) is 18.4 Å². The van der Waals surface area contributed by atoms with Crippen molar-refractivity contribution in [2.45, 2.75) is 19.9 Å². The largest absolute Gasteiger partial charge is 0.494 e. The summed E-state index contributed by atoms with van der Waals surface area (Å²) in [5.41, 5.74) is 1.71. The molecule has 0 unspecified atom stereocenters. The lowest BCUT2D eigenvalue weighted by Gasteiger charge is -2.25. The monoisotopic (exact) mass is 390 g/mol. The quantitative estimate of drug-likeness (QED) is 0.788. The fourth-order valence-electron chi connectivity index (χ4n) is 2.78. The molecular weight excluding hydrogens is 368 g/mol. The Labute approximate surface area is 161 Å². The molecule has 9 heteroatoms. The number of aromatic nitrogens is 1. The molecule has 2 heterocycles. The Hall–Kier alpha value is -2.65. The van der Waals surface area contributed by atoms with Crippen molar-refractivity contribution in [1.82, 2.24) is 9.88 Å². The number of hydrogen-bond donors (Lipinski definition) is 2. The third kappa shape index (κ3) is 5.18. The number of hydrogen-bond acceptors (Lipinski definition) is 7. The van der Waals surface area contributed by atoms with Gasteiger partial charge in [0.2, 0.25) is 5.91 Å². The summed E-state index contributed by atoms with van der Waals surface area (Å²) in [6, 6.07) is 7.31. The summed E-state index contributed by atoms with van der Waals surface area (Å²) in [4.78, 5) is 31.1. The molecule has 0 spiro atoms. The highest BCUT2D eigenvalue weighted by Crippen LogP contribution is 2.28. The lowest BCUT2D eigenvalue weighted by Crippen LogP contribution is -2.36. The number of carbonyl (C=O) groups excluding carboxylic acids is 2. The third-order valence-electron chi connectivity index (χ3n) is 4.02. The van der Waals surface area contributed by atoms with Crippen LogP contribution in [0.2, 0.25) is 0 Å². The topological polar surface area (TPSA) is 92.8 Å². The van der Waals surface area contributed by atoms with Gasteiger partial charge in [-0.2, -0.15) is 0 Å². The third-order valence-corrected chi connectivity index (χ3v) is 5.02. The zero-order valence-corrected chi connectivity index (χ0v) is 16.1. The molecule has 1 aliphatic heterocycles. The van der Waals surface area contributed by atoms with E-state index in [0.717, 1.165) is 35.0 Å². The van der Waals surface area contributed by atoms with E-state index in [4.69, 9.17) is 4.74 Å². The molecule has 1 aromatic carbocycles. The summed E-state index contributed by atoms with van der Waals surface area (Å²) in [5.74, 6) is 0.709. The summed E-state index contributed by atoms with van der Waals surface area (Å²) in [6.07, 6.45) is 0.207. The molecule has 0 saturated carbocycles. The number of nitrogens with one attached hydrogen (secondary N) is 2. The molecule has 2 amide bonds. The predicted molar refractivity (Wildman–Crippen MR) is 103 cm³/mol. The van der Waals surface area contributed by atoms with Gasteiger partial charge < -0.3 is 14.8 Å². The summed E-state index contributed by atoms with van der Waals surface area (Å²) >= 11 is 1.41. The molecule has 3 rings (SSSR count). The first-order valence-electron chi connectivity index (χ1n) is 8.66. The van der Waals surface area contributed by atoms with E-state index in [1.54, 1.807) is 0 Å². The van der Waals surface area contributed by atoms with Gasteiger partial charge in [-0.05, 0) is 31.2 Å². The minimum absolute atomic E-state index is 0.0694. The van der Waals surface area contributed by atoms with Gasteiger partial charge in [-0.25, -0.2) is 9.78 Å². The van der Waals surface area contributed by atoms with Gasteiger partial charge in [0.05, 0.1) is 26.0 Å². The van der Waals surface area contributed by atoms with Crippen LogP contribution in [0.4, 0.5) is 15.6 Å². The summed E-state index contributed by atoms with van der Waals surface area (Å²) < 4.78 is 9.98. The van der Waals surface area contributed by atoms with E-state index in [1.807, 2.05) is 31.2 Å². The van der Waals surface area contributed by atoms with Crippen LogP contribution >= 0.6 is 11.3 Å². The SMILES string of the molecule is CCOc1ccc(NC(=O)CN2CCc3nc(NC(=O)OC)sc3C2)cc1. The molecule has 2 aromatic rings. The fourth-order valence-corrected chi connectivity index (χ4v) is 3.82. The van der Waals surface area contributed by atoms with Gasteiger partial charge >= 0.3 is 6.09 Å². The average Bonchev–Trinajstić information content (AvgIpc) is 3.04. The number of benzene rings is 1. The van der Waals surface area contributed by atoms with E-state index in [-0.39, 0.29) is 5.91 Å². The average molecular weight is 390 g/mol. The molecule has 0 saturated heterocycles. The first kappa shape index (κ1) is 19.1. The maximum atomic E-state index is 12.3. The van der Waals surface area contributed by atoms with Gasteiger partial charge in [-0.15, -0.1) is 0 Å². The smallest absolute Gasteiger partial charge is 0.413 e. The van der Waals surface area contributed by atoms with Crippen molar-refractivity contribution in [2.75, 3.05) is 37.4 Å². The molecule has 144 valence electrons. The summed E-state index contributed by atoms with van der Waals surface area (Å²) in [7, 11) is 1.31. The minimum atomic E-state index is -0.535. The van der Waals surface area contributed by atoms with Gasteiger partial charge in [0.15, 0.2) is 5.13 Å². The zero-order valence-electron chi connectivity index (χ0n) is 15.3. The van der Waals surface area contributed by atoms with Gasteiger partial charge in [0.25, 0.3) is 0 Å². The Morgan fingerprint density at radius 2 is 2.04 bits per heavy atom. The number of amides is 2. The first-order chi connectivity index (χ1) is 13.1. The molecule has 1 aliphatic rings. The first-order valence-corrected chi connectivity index (χ1v) is 9.47. The number of thiazole rings is 1. The van der Waals surface area contributed by atoms with E-state index in [9.17, 15) is 9.59 Å². The number of rotatable bonds is 6. The highest BCUT2D eigenvalue weighted by atomic mass is 32.1. The van der Waals surface area contributed by atoms with E-state index < -0.39 is 6.09 Å². The highest BCUT2D eigenvalue weighted by Gasteiger charge is 2.23. The van der Waals surface area contributed by atoms with Crippen molar-refractivity contribution in [3.63, 3.8) is 0 Å². The minimum Gasteiger partial charge on any atom is -0.494 e. The summed E-state index contributed by atoms with van der Waals surface area (Å²) in [6.45, 7) is 4.20. The number of carbonyl (C=O) groups is 2. The van der Waals surface area contributed by atoms with Crippen molar-refractivity contribution in [2.24, 2.45) is 0 Å². The Balaban J connectivity index is 1.53. The molecule has 0 atom stereocenters. The van der Waals surface area contributed by atoms with Crippen molar-refractivity contribution in [3.8, 4) is 5.75 Å². The van der Waals surface area contributed by atoms with E-state index >= 15 is 0 Å². The molecule has 8 nitrogen and oxygen atoms in total. The maximum Gasteiger partial charge on any atom is 0.413 e. The normalized spacial score (nSPS) is 13.6. The second-order valence-electron chi connectivity index (χ2n) is 5.97. The number of methoxy groups -OCH3 is 1. The molecular formula is C18H22N4O4S. The molecule has 0 radical (unpaired) electrons. The zero-order chi connectivity index (χ0) is 19.2. The van der Waals surface area contributed by atoms with Crippen molar-refractivity contribution in [1.29, 1.82) is 0 Å². The van der Waals surface area contributed by atoms with Crippen LogP contribution in [0, 0.1) is 0 Å². The molecule has 0 bridgehead atoms. The molecule has 0 fully saturated rings. The molecule has 0 aliphatic carbocycles. The second kappa shape index (κ2) is 8.83. The predicted octanol–water partition coefficient (Wildman–Crippen LogP) is 2.72. The van der Waals surface area contributed by atoms with Crippen molar-refractivity contribution >= 4 is 34.2 Å². The Morgan fingerprint density at radius 1 is 1.26 bits per heavy atom. The van der Waals surface area contributed by atoms with E-state index in [2.05, 4.69) is 25.3 Å². The number of fused-ring (bicyclic) bond motifs is 1. The van der Waals surface area contributed by atoms with Crippen LogP contribution < -0.4 is 15.4 Å². The molecule has 2 N–H and O–H groups in total. The van der Waals surface area contributed by atoms with Crippen molar-refractivity contribution in [3.05, 3.63) is 34.8 Å². The van der Waals surface area contributed by atoms with Crippen LogP contribution in [0.25, 0.3) is 0 Å².